The van der Waals surface area contributed by atoms with Crippen LogP contribution in [0.4, 0.5) is 0 Å². The first-order valence-corrected chi connectivity index (χ1v) is 3.08. The summed E-state index contributed by atoms with van der Waals surface area (Å²) in [7, 11) is 1.56. The topological polar surface area (TPSA) is 63.9 Å². The molecule has 0 spiro atoms. The first-order valence-electron chi connectivity index (χ1n) is 3.08. The molecule has 0 radical (unpaired) electrons. The maximum absolute atomic E-state index is 5.55. The van der Waals surface area contributed by atoms with Gasteiger partial charge in [0, 0.05) is 6.04 Å². The van der Waals surface area contributed by atoms with E-state index >= 15 is 0 Å². The van der Waals surface area contributed by atoms with E-state index in [0.29, 0.717) is 6.01 Å². The van der Waals surface area contributed by atoms with Gasteiger partial charge in [-0.05, 0) is 6.92 Å². The van der Waals surface area contributed by atoms with Crippen LogP contribution in [0.3, 0.4) is 0 Å². The summed E-state index contributed by atoms with van der Waals surface area (Å²) in [5.41, 5.74) is 6.44. The summed E-state index contributed by atoms with van der Waals surface area (Å²) in [6.07, 6.45) is 1.67. The lowest BCUT2D eigenvalue weighted by Gasteiger charge is -1.97. The van der Waals surface area contributed by atoms with Gasteiger partial charge in [0.1, 0.15) is 0 Å². The monoisotopic (exact) mass is 141 g/mol. The predicted molar refractivity (Wildman–Crippen MR) is 37.7 cm³/mol. The van der Waals surface area contributed by atoms with E-state index in [9.17, 15) is 0 Å². The van der Waals surface area contributed by atoms with Crippen molar-refractivity contribution in [1.82, 2.24) is 9.97 Å². The molecule has 1 unspecified atom stereocenters. The number of nitrogens with zero attached hydrogens (tertiary/aromatic N) is 1. The maximum Gasteiger partial charge on any atom is 0.293 e. The number of H-pyrrole nitrogens is 1. The molecule has 56 valence electrons. The van der Waals surface area contributed by atoms with Crippen LogP contribution in [0.15, 0.2) is 6.20 Å². The second kappa shape index (κ2) is 2.70. The molecular weight excluding hydrogens is 130 g/mol. The Bertz CT molecular complexity index is 207. The smallest absolute Gasteiger partial charge is 0.293 e. The Balaban J connectivity index is 2.78. The van der Waals surface area contributed by atoms with Gasteiger partial charge in [-0.15, -0.1) is 0 Å². The third-order valence-corrected chi connectivity index (χ3v) is 1.26. The van der Waals surface area contributed by atoms with E-state index < -0.39 is 0 Å². The van der Waals surface area contributed by atoms with Gasteiger partial charge in [0.05, 0.1) is 19.0 Å². The summed E-state index contributed by atoms with van der Waals surface area (Å²) >= 11 is 0. The number of methoxy groups -OCH3 is 1. The molecule has 10 heavy (non-hydrogen) atoms. The molecule has 4 heteroatoms. The number of nitrogens with two attached hydrogens (primary N) is 1. The van der Waals surface area contributed by atoms with E-state index in [1.807, 2.05) is 6.92 Å². The Morgan fingerprint density at radius 3 is 2.80 bits per heavy atom. The molecule has 1 rings (SSSR count). The van der Waals surface area contributed by atoms with Crippen LogP contribution in [-0.2, 0) is 0 Å². The highest BCUT2D eigenvalue weighted by molar-refractivity contribution is 5.07. The van der Waals surface area contributed by atoms with Crippen molar-refractivity contribution in [1.29, 1.82) is 0 Å². The van der Waals surface area contributed by atoms with Gasteiger partial charge in [0.15, 0.2) is 0 Å². The minimum atomic E-state index is -0.0172. The lowest BCUT2D eigenvalue weighted by Crippen LogP contribution is -2.04. The standard InChI is InChI=1S/C6H11N3O/c1-4(7)5-3-8-6(9-5)10-2/h3-4H,7H2,1-2H3,(H,8,9). The molecule has 0 saturated heterocycles. The lowest BCUT2D eigenvalue weighted by molar-refractivity contribution is 0.383. The molecule has 1 atom stereocenters. The predicted octanol–water partition coefficient (Wildman–Crippen LogP) is 0.438. The molecule has 0 fully saturated rings. The fourth-order valence-electron chi connectivity index (χ4n) is 0.651. The molecule has 1 heterocycles. The number of hydrogen-bond donors (Lipinski definition) is 2. The van der Waals surface area contributed by atoms with E-state index in [1.54, 1.807) is 13.3 Å². The second-order valence-electron chi connectivity index (χ2n) is 2.14. The zero-order valence-electron chi connectivity index (χ0n) is 6.09. The molecule has 0 bridgehead atoms. The average molecular weight is 141 g/mol. The molecule has 4 nitrogen and oxygen atoms in total. The van der Waals surface area contributed by atoms with Crippen molar-refractivity contribution in [3.8, 4) is 6.01 Å². The third kappa shape index (κ3) is 1.27. The first-order chi connectivity index (χ1) is 4.74. The van der Waals surface area contributed by atoms with Gasteiger partial charge in [-0.2, -0.15) is 0 Å². The first kappa shape index (κ1) is 7.08. The van der Waals surface area contributed by atoms with Gasteiger partial charge in [-0.3, -0.25) is 0 Å². The summed E-state index contributed by atoms with van der Waals surface area (Å²) in [6.45, 7) is 1.88. The Kier molecular flexibility index (Phi) is 1.91. The maximum atomic E-state index is 5.55. The number of ether oxygens (including phenoxy) is 1. The quantitative estimate of drug-likeness (QED) is 0.628. The van der Waals surface area contributed by atoms with E-state index in [0.717, 1.165) is 5.69 Å². The fourth-order valence-corrected chi connectivity index (χ4v) is 0.651. The van der Waals surface area contributed by atoms with Crippen LogP contribution in [-0.4, -0.2) is 17.1 Å². The third-order valence-electron chi connectivity index (χ3n) is 1.26. The molecular formula is C6H11N3O. The molecule has 0 amide bonds. The van der Waals surface area contributed by atoms with Crippen LogP contribution in [0.2, 0.25) is 0 Å². The van der Waals surface area contributed by atoms with E-state index in [4.69, 9.17) is 10.5 Å². The largest absolute Gasteiger partial charge is 0.468 e. The van der Waals surface area contributed by atoms with Crippen molar-refractivity contribution < 1.29 is 4.74 Å². The SMILES string of the molecule is COc1ncc(C(C)N)[nH]1. The van der Waals surface area contributed by atoms with Crippen LogP contribution < -0.4 is 10.5 Å². The van der Waals surface area contributed by atoms with E-state index in [1.165, 1.54) is 0 Å². The van der Waals surface area contributed by atoms with E-state index in [2.05, 4.69) is 9.97 Å². The van der Waals surface area contributed by atoms with Crippen molar-refractivity contribution in [3.63, 3.8) is 0 Å². The molecule has 0 aliphatic rings. The van der Waals surface area contributed by atoms with Crippen molar-refractivity contribution in [2.24, 2.45) is 5.73 Å². The van der Waals surface area contributed by atoms with E-state index in [-0.39, 0.29) is 6.04 Å². The van der Waals surface area contributed by atoms with Gasteiger partial charge < -0.3 is 15.5 Å². The molecule has 3 N–H and O–H groups in total. The zero-order valence-corrected chi connectivity index (χ0v) is 6.09. The summed E-state index contributed by atoms with van der Waals surface area (Å²) < 4.78 is 4.82. The normalized spacial score (nSPS) is 13.1. The molecule has 0 saturated carbocycles. The Hall–Kier alpha value is -1.03. The van der Waals surface area contributed by atoms with Crippen molar-refractivity contribution in [2.75, 3.05) is 7.11 Å². The van der Waals surface area contributed by atoms with Gasteiger partial charge in [0.25, 0.3) is 6.01 Å². The fraction of sp³-hybridized carbons (Fsp3) is 0.500. The lowest BCUT2D eigenvalue weighted by atomic mass is 10.3. The number of aromatic amines is 1. The summed E-state index contributed by atoms with van der Waals surface area (Å²) in [5.74, 6) is 0. The van der Waals surface area contributed by atoms with Crippen LogP contribution in [0.5, 0.6) is 6.01 Å². The highest BCUT2D eigenvalue weighted by Crippen LogP contribution is 2.09. The number of aromatic nitrogens is 2. The Labute approximate surface area is 59.4 Å². The zero-order chi connectivity index (χ0) is 7.56. The Morgan fingerprint density at radius 1 is 1.80 bits per heavy atom. The van der Waals surface area contributed by atoms with Crippen LogP contribution in [0.1, 0.15) is 18.7 Å². The van der Waals surface area contributed by atoms with Crippen LogP contribution in [0.25, 0.3) is 0 Å². The number of rotatable bonds is 2. The number of hydrogen-bond acceptors (Lipinski definition) is 3. The Morgan fingerprint density at radius 2 is 2.50 bits per heavy atom. The molecule has 1 aromatic heterocycles. The van der Waals surface area contributed by atoms with Crippen molar-refractivity contribution in [2.45, 2.75) is 13.0 Å². The molecule has 1 aromatic rings. The van der Waals surface area contributed by atoms with Gasteiger partial charge in [-0.25, -0.2) is 4.98 Å². The highest BCUT2D eigenvalue weighted by Gasteiger charge is 2.02. The molecule has 0 aliphatic carbocycles. The number of imidazole rings is 1. The van der Waals surface area contributed by atoms with Crippen molar-refractivity contribution in [3.05, 3.63) is 11.9 Å². The number of nitrogens with one attached hydrogen (secondary N) is 1. The minimum absolute atomic E-state index is 0.0172. The minimum Gasteiger partial charge on any atom is -0.468 e. The van der Waals surface area contributed by atoms with Crippen molar-refractivity contribution >= 4 is 0 Å². The molecule has 0 aromatic carbocycles. The summed E-state index contributed by atoms with van der Waals surface area (Å²) in [6, 6.07) is 0.490. The molecule has 0 aliphatic heterocycles. The van der Waals surface area contributed by atoms with Crippen LogP contribution >= 0.6 is 0 Å². The van der Waals surface area contributed by atoms with Crippen LogP contribution in [0, 0.1) is 0 Å². The van der Waals surface area contributed by atoms with Gasteiger partial charge in [0.2, 0.25) is 0 Å². The summed E-state index contributed by atoms with van der Waals surface area (Å²) in [4.78, 5) is 6.80. The second-order valence-corrected chi connectivity index (χ2v) is 2.14. The van der Waals surface area contributed by atoms with Gasteiger partial charge >= 0.3 is 0 Å². The highest BCUT2D eigenvalue weighted by atomic mass is 16.5. The van der Waals surface area contributed by atoms with Gasteiger partial charge in [-0.1, -0.05) is 0 Å². The summed E-state index contributed by atoms with van der Waals surface area (Å²) in [5, 5.41) is 0. The average Bonchev–Trinajstić information content (AvgIpc) is 2.34.